The summed E-state index contributed by atoms with van der Waals surface area (Å²) in [6.07, 6.45) is -10.6. The fourth-order valence-electron chi connectivity index (χ4n) is 2.96. The topological polar surface area (TPSA) is 73.1 Å². The molecular weight excluding hydrogens is 441 g/mol. The third kappa shape index (κ3) is 3.72. The van der Waals surface area contributed by atoms with Gasteiger partial charge in [0.25, 0.3) is 10.0 Å². The van der Waals surface area contributed by atoms with Crippen molar-refractivity contribution < 1.29 is 39.2 Å². The summed E-state index contributed by atoms with van der Waals surface area (Å²) in [5.74, 6) is -0.736. The van der Waals surface area contributed by atoms with Gasteiger partial charge in [0, 0.05) is 11.8 Å². The number of alkyl halides is 6. The number of nitrogens with two attached hydrogens (primary N) is 1. The summed E-state index contributed by atoms with van der Waals surface area (Å²) in [4.78, 5) is 3.51. The quantitative estimate of drug-likeness (QED) is 0.699. The van der Waals surface area contributed by atoms with E-state index in [4.69, 9.17) is 5.14 Å². The van der Waals surface area contributed by atoms with Gasteiger partial charge in [0.2, 0.25) is 0 Å². The van der Waals surface area contributed by atoms with Gasteiger partial charge in [-0.25, -0.2) is 22.9 Å². The Hall–Kier alpha value is -2.73. The normalized spacial score (nSPS) is 16.9. The molecule has 4 nitrogen and oxygen atoms in total. The summed E-state index contributed by atoms with van der Waals surface area (Å²) in [5, 5.41) is 4.29. The molecule has 160 valence electrons. The molecule has 1 aromatic carbocycles. The number of allylic oxidation sites excluding steroid dienone is 4. The third-order valence-corrected chi connectivity index (χ3v) is 5.29. The second-order valence-corrected chi connectivity index (χ2v) is 7.93. The fourth-order valence-corrected chi connectivity index (χ4v) is 3.41. The number of halogens is 7. The molecule has 0 spiro atoms. The number of rotatable bonds is 3. The Balaban J connectivity index is 2.26. The van der Waals surface area contributed by atoms with E-state index in [0.717, 1.165) is 42.6 Å². The number of sulfonamides is 1. The first-order valence-electron chi connectivity index (χ1n) is 8.00. The smallest absolute Gasteiger partial charge is 0.243 e. The van der Waals surface area contributed by atoms with Crippen molar-refractivity contribution in [3.05, 3.63) is 71.7 Å². The molecule has 2 N–H and O–H groups in total. The highest BCUT2D eigenvalue weighted by molar-refractivity contribution is 7.89. The Morgan fingerprint density at radius 2 is 1.27 bits per heavy atom. The molecule has 1 aliphatic carbocycles. The van der Waals surface area contributed by atoms with Gasteiger partial charge in [0.15, 0.2) is 10.4 Å². The molecule has 0 amide bonds. The van der Waals surface area contributed by atoms with E-state index in [-0.39, 0.29) is 23.3 Å². The van der Waals surface area contributed by atoms with Crippen LogP contribution in [0.1, 0.15) is 11.1 Å². The van der Waals surface area contributed by atoms with E-state index >= 15 is 0 Å². The van der Waals surface area contributed by atoms with E-state index in [1.165, 1.54) is 0 Å². The van der Waals surface area contributed by atoms with Crippen molar-refractivity contribution >= 4 is 21.2 Å². The van der Waals surface area contributed by atoms with Crippen molar-refractivity contribution in [3.63, 3.8) is 0 Å². The summed E-state index contributed by atoms with van der Waals surface area (Å²) >= 11 is 0. The monoisotopic (exact) mass is 452 g/mol. The minimum absolute atomic E-state index is 0.000672. The predicted octanol–water partition coefficient (Wildman–Crippen LogP) is 4.46. The Morgan fingerprint density at radius 3 is 1.67 bits per heavy atom. The number of benzene rings is 1. The summed E-state index contributed by atoms with van der Waals surface area (Å²) in [6, 6.07) is 5.68. The van der Waals surface area contributed by atoms with Gasteiger partial charge < -0.3 is 0 Å². The SMILES string of the molecule is NS(=O)(=O)c1ccc(C2=CC(C(F)(F)F)(C(F)(F)F)C=C2c2ccc(F)cc2)cn1. The molecular formula is C18H11F7N2O2S. The van der Waals surface area contributed by atoms with Crippen LogP contribution in [-0.2, 0) is 10.0 Å². The molecule has 2 aromatic rings. The van der Waals surface area contributed by atoms with E-state index in [0.29, 0.717) is 0 Å². The Labute approximate surface area is 165 Å². The molecule has 0 radical (unpaired) electrons. The first kappa shape index (κ1) is 22.0. The van der Waals surface area contributed by atoms with Crippen LogP contribution < -0.4 is 5.14 Å². The summed E-state index contributed by atoms with van der Waals surface area (Å²) < 4.78 is 117. The Kier molecular flexibility index (Phi) is 5.06. The molecule has 0 atom stereocenters. The van der Waals surface area contributed by atoms with E-state index in [9.17, 15) is 39.2 Å². The van der Waals surface area contributed by atoms with E-state index in [1.54, 1.807) is 0 Å². The van der Waals surface area contributed by atoms with Crippen LogP contribution in [-0.4, -0.2) is 25.8 Å². The average molecular weight is 452 g/mol. The molecule has 30 heavy (non-hydrogen) atoms. The number of aromatic nitrogens is 1. The van der Waals surface area contributed by atoms with Crippen LogP contribution in [0.4, 0.5) is 30.7 Å². The maximum absolute atomic E-state index is 13.6. The van der Waals surface area contributed by atoms with Crippen LogP contribution in [0.15, 0.2) is 59.8 Å². The van der Waals surface area contributed by atoms with Crippen molar-refractivity contribution in [1.82, 2.24) is 4.98 Å². The van der Waals surface area contributed by atoms with Crippen molar-refractivity contribution in [2.24, 2.45) is 10.6 Å². The fraction of sp³-hybridized carbons (Fsp3) is 0.167. The molecule has 0 aliphatic heterocycles. The van der Waals surface area contributed by atoms with Crippen molar-refractivity contribution in [2.75, 3.05) is 0 Å². The molecule has 0 fully saturated rings. The second kappa shape index (κ2) is 6.91. The van der Waals surface area contributed by atoms with Crippen LogP contribution in [0.3, 0.4) is 0 Å². The molecule has 1 aliphatic rings. The minimum atomic E-state index is -5.73. The zero-order valence-corrected chi connectivity index (χ0v) is 15.4. The molecule has 0 unspecified atom stereocenters. The standard InChI is InChI=1S/C18H11F7N2O2S/c19-12-4-1-10(2-5-12)13-7-16(17(20,21)22,18(23,24)25)8-14(13)11-3-6-15(27-9-11)30(26,28)29/h1-9H,(H2,26,28,29). The molecule has 3 rings (SSSR count). The van der Waals surface area contributed by atoms with E-state index < -0.39 is 49.8 Å². The van der Waals surface area contributed by atoms with Gasteiger partial charge in [-0.15, -0.1) is 0 Å². The van der Waals surface area contributed by atoms with Crippen LogP contribution in [0.25, 0.3) is 11.1 Å². The molecule has 1 heterocycles. The van der Waals surface area contributed by atoms with Crippen LogP contribution in [0.5, 0.6) is 0 Å². The van der Waals surface area contributed by atoms with Gasteiger partial charge in [0.05, 0.1) is 0 Å². The lowest BCUT2D eigenvalue weighted by Crippen LogP contribution is -2.46. The number of nitrogens with zero attached hydrogens (tertiary/aromatic N) is 1. The summed E-state index contributed by atoms with van der Waals surface area (Å²) in [6.45, 7) is 0. The minimum Gasteiger partial charge on any atom is -0.243 e. The van der Waals surface area contributed by atoms with Gasteiger partial charge in [0.1, 0.15) is 5.82 Å². The first-order chi connectivity index (χ1) is 13.7. The molecule has 0 saturated heterocycles. The number of hydrogen-bond donors (Lipinski definition) is 1. The summed E-state index contributed by atoms with van der Waals surface area (Å²) in [5.41, 5.74) is -5.57. The zero-order valence-electron chi connectivity index (χ0n) is 14.6. The molecule has 0 bridgehead atoms. The van der Waals surface area contributed by atoms with Crippen molar-refractivity contribution in [1.29, 1.82) is 0 Å². The number of pyridine rings is 1. The van der Waals surface area contributed by atoms with E-state index in [1.807, 2.05) is 0 Å². The van der Waals surface area contributed by atoms with Crippen LogP contribution in [0, 0.1) is 11.2 Å². The van der Waals surface area contributed by atoms with Gasteiger partial charge in [-0.3, -0.25) is 0 Å². The number of hydrogen-bond acceptors (Lipinski definition) is 3. The van der Waals surface area contributed by atoms with Gasteiger partial charge in [-0.05, 0) is 53.1 Å². The Bertz CT molecular complexity index is 1120. The largest absolute Gasteiger partial charge is 0.410 e. The van der Waals surface area contributed by atoms with E-state index in [2.05, 4.69) is 4.98 Å². The average Bonchev–Trinajstić information content (AvgIpc) is 3.04. The first-order valence-corrected chi connectivity index (χ1v) is 9.55. The van der Waals surface area contributed by atoms with Gasteiger partial charge >= 0.3 is 12.4 Å². The molecule has 12 heteroatoms. The van der Waals surface area contributed by atoms with Gasteiger partial charge in [-0.2, -0.15) is 26.3 Å². The van der Waals surface area contributed by atoms with Crippen LogP contribution in [0.2, 0.25) is 0 Å². The zero-order chi connectivity index (χ0) is 22.5. The Morgan fingerprint density at radius 1 is 0.800 bits per heavy atom. The van der Waals surface area contributed by atoms with Crippen LogP contribution >= 0.6 is 0 Å². The predicted molar refractivity (Wildman–Crippen MR) is 92.5 cm³/mol. The van der Waals surface area contributed by atoms with Crippen molar-refractivity contribution in [3.8, 4) is 0 Å². The highest BCUT2D eigenvalue weighted by Gasteiger charge is 2.70. The molecule has 0 saturated carbocycles. The van der Waals surface area contributed by atoms with Gasteiger partial charge in [-0.1, -0.05) is 12.1 Å². The lowest BCUT2D eigenvalue weighted by Gasteiger charge is -2.30. The lowest BCUT2D eigenvalue weighted by molar-refractivity contribution is -0.301. The van der Waals surface area contributed by atoms with Crippen molar-refractivity contribution in [2.45, 2.75) is 17.4 Å². The highest BCUT2D eigenvalue weighted by atomic mass is 32.2. The molecule has 1 aromatic heterocycles. The maximum atomic E-state index is 13.6. The highest BCUT2D eigenvalue weighted by Crippen LogP contribution is 2.59. The number of primary sulfonamides is 1. The maximum Gasteiger partial charge on any atom is 0.410 e. The second-order valence-electron chi connectivity index (χ2n) is 6.42. The summed E-state index contributed by atoms with van der Waals surface area (Å²) in [7, 11) is -4.23. The lowest BCUT2D eigenvalue weighted by atomic mass is 9.87. The third-order valence-electron chi connectivity index (χ3n) is 4.47.